The number of ether oxygens (including phenoxy) is 1. The van der Waals surface area contributed by atoms with E-state index < -0.39 is 0 Å². The first-order valence-corrected chi connectivity index (χ1v) is 5.70. The van der Waals surface area contributed by atoms with Gasteiger partial charge >= 0.3 is 5.97 Å². The zero-order valence-electron chi connectivity index (χ0n) is 10.1. The Balaban J connectivity index is 0.000000557. The van der Waals surface area contributed by atoms with E-state index in [9.17, 15) is 4.79 Å². The number of unbranched alkanes of at least 4 members (excludes halogenated alkanes) is 1. The standard InChI is InChI=1S/C11H14O2.C2H6O2/c1-2-3-9-13-11(12)10-7-5-4-6-8-10;3-1-2-4/h4-8H,2-3,9H2,1H3;3-4H,1-2H2. The molecule has 4 heteroatoms. The molecule has 0 atom stereocenters. The lowest BCUT2D eigenvalue weighted by Crippen LogP contribution is -2.05. The topological polar surface area (TPSA) is 66.8 Å². The summed E-state index contributed by atoms with van der Waals surface area (Å²) >= 11 is 0. The Morgan fingerprint density at radius 3 is 2.24 bits per heavy atom. The van der Waals surface area contributed by atoms with E-state index >= 15 is 0 Å². The van der Waals surface area contributed by atoms with Crippen molar-refractivity contribution in [1.82, 2.24) is 0 Å². The van der Waals surface area contributed by atoms with Crippen LogP contribution in [-0.2, 0) is 4.74 Å². The molecule has 1 aromatic carbocycles. The Bertz CT molecular complexity index is 283. The highest BCUT2D eigenvalue weighted by Crippen LogP contribution is 2.01. The lowest BCUT2D eigenvalue weighted by molar-refractivity contribution is 0.0500. The molecule has 0 saturated carbocycles. The molecule has 0 spiro atoms. The molecule has 0 aliphatic rings. The first-order valence-electron chi connectivity index (χ1n) is 5.70. The average molecular weight is 240 g/mol. The van der Waals surface area contributed by atoms with Gasteiger partial charge in [-0.2, -0.15) is 0 Å². The summed E-state index contributed by atoms with van der Waals surface area (Å²) in [7, 11) is 0. The van der Waals surface area contributed by atoms with E-state index in [1.807, 2.05) is 18.2 Å². The van der Waals surface area contributed by atoms with Crippen molar-refractivity contribution in [3.8, 4) is 0 Å². The third-order valence-corrected chi connectivity index (χ3v) is 1.84. The van der Waals surface area contributed by atoms with Crippen LogP contribution in [0.2, 0.25) is 0 Å². The Hall–Kier alpha value is -1.39. The molecule has 0 heterocycles. The molecule has 2 N–H and O–H groups in total. The quantitative estimate of drug-likeness (QED) is 0.606. The van der Waals surface area contributed by atoms with E-state index in [1.54, 1.807) is 12.1 Å². The maximum absolute atomic E-state index is 11.3. The van der Waals surface area contributed by atoms with Gasteiger partial charge in [0, 0.05) is 0 Å². The number of rotatable bonds is 5. The van der Waals surface area contributed by atoms with Crippen LogP contribution < -0.4 is 0 Å². The van der Waals surface area contributed by atoms with Crippen molar-refractivity contribution in [3.05, 3.63) is 35.9 Å². The molecule has 4 nitrogen and oxygen atoms in total. The molecule has 17 heavy (non-hydrogen) atoms. The van der Waals surface area contributed by atoms with Gasteiger partial charge in [-0.05, 0) is 18.6 Å². The van der Waals surface area contributed by atoms with Gasteiger partial charge in [0.05, 0.1) is 25.4 Å². The number of carbonyl (C=O) groups excluding carboxylic acids is 1. The number of hydrogen-bond donors (Lipinski definition) is 2. The van der Waals surface area contributed by atoms with Crippen molar-refractivity contribution in [3.63, 3.8) is 0 Å². The SMILES string of the molecule is CCCCOC(=O)c1ccccc1.OCCO. The van der Waals surface area contributed by atoms with Crippen molar-refractivity contribution >= 4 is 5.97 Å². The molecule has 0 aliphatic heterocycles. The van der Waals surface area contributed by atoms with Gasteiger partial charge in [0.2, 0.25) is 0 Å². The van der Waals surface area contributed by atoms with Gasteiger partial charge in [0.1, 0.15) is 0 Å². The molecule has 0 aliphatic carbocycles. The van der Waals surface area contributed by atoms with Gasteiger partial charge in [-0.3, -0.25) is 0 Å². The van der Waals surface area contributed by atoms with E-state index in [4.69, 9.17) is 14.9 Å². The third kappa shape index (κ3) is 8.42. The predicted octanol–water partition coefficient (Wildman–Crippen LogP) is 1.61. The summed E-state index contributed by atoms with van der Waals surface area (Å²) in [6, 6.07) is 9.05. The Kier molecular flexibility index (Phi) is 10.2. The maximum Gasteiger partial charge on any atom is 0.338 e. The summed E-state index contributed by atoms with van der Waals surface area (Å²) in [4.78, 5) is 11.3. The normalized spacial score (nSPS) is 9.12. The van der Waals surface area contributed by atoms with Crippen LogP contribution in [0.4, 0.5) is 0 Å². The lowest BCUT2D eigenvalue weighted by atomic mass is 10.2. The maximum atomic E-state index is 11.3. The van der Waals surface area contributed by atoms with Crippen LogP contribution in [0.25, 0.3) is 0 Å². The van der Waals surface area contributed by atoms with Crippen LogP contribution in [0.5, 0.6) is 0 Å². The summed E-state index contributed by atoms with van der Waals surface area (Å²) in [5.41, 5.74) is 0.624. The minimum atomic E-state index is -0.228. The first-order chi connectivity index (χ1) is 8.26. The van der Waals surface area contributed by atoms with Gasteiger partial charge < -0.3 is 14.9 Å². The zero-order chi connectivity index (χ0) is 12.9. The number of aliphatic hydroxyl groups is 2. The molecule has 0 unspecified atom stereocenters. The van der Waals surface area contributed by atoms with E-state index in [1.165, 1.54) is 0 Å². The summed E-state index contributed by atoms with van der Waals surface area (Å²) in [6.07, 6.45) is 1.97. The number of aliphatic hydroxyl groups excluding tert-OH is 2. The first kappa shape index (κ1) is 15.6. The van der Waals surface area contributed by atoms with Crippen molar-refractivity contribution in [2.45, 2.75) is 19.8 Å². The van der Waals surface area contributed by atoms with Gasteiger partial charge in [0.25, 0.3) is 0 Å². The lowest BCUT2D eigenvalue weighted by Gasteiger charge is -2.02. The van der Waals surface area contributed by atoms with E-state index in [0.717, 1.165) is 12.8 Å². The van der Waals surface area contributed by atoms with Crippen LogP contribution in [0.3, 0.4) is 0 Å². The highest BCUT2D eigenvalue weighted by molar-refractivity contribution is 5.89. The van der Waals surface area contributed by atoms with Crippen molar-refractivity contribution < 1.29 is 19.7 Å². The Morgan fingerprint density at radius 2 is 1.76 bits per heavy atom. The van der Waals surface area contributed by atoms with Crippen LogP contribution in [0, 0.1) is 0 Å². The molecule has 0 fully saturated rings. The Morgan fingerprint density at radius 1 is 1.18 bits per heavy atom. The number of carbonyl (C=O) groups is 1. The van der Waals surface area contributed by atoms with Crippen LogP contribution in [-0.4, -0.2) is 36.0 Å². The largest absolute Gasteiger partial charge is 0.462 e. The molecular weight excluding hydrogens is 220 g/mol. The Labute approximate surface area is 102 Å². The van der Waals surface area contributed by atoms with Crippen molar-refractivity contribution in [1.29, 1.82) is 0 Å². The molecule has 0 amide bonds. The molecule has 96 valence electrons. The molecule has 0 bridgehead atoms. The second-order valence-corrected chi connectivity index (χ2v) is 3.30. The fourth-order valence-electron chi connectivity index (χ4n) is 0.967. The number of benzene rings is 1. The molecule has 0 saturated heterocycles. The number of hydrogen-bond acceptors (Lipinski definition) is 4. The molecule has 1 aromatic rings. The molecule has 0 aromatic heterocycles. The molecule has 0 radical (unpaired) electrons. The summed E-state index contributed by atoms with van der Waals surface area (Å²) in [5.74, 6) is -0.228. The zero-order valence-corrected chi connectivity index (χ0v) is 10.1. The predicted molar refractivity (Wildman–Crippen MR) is 65.8 cm³/mol. The van der Waals surface area contributed by atoms with E-state index in [2.05, 4.69) is 6.92 Å². The van der Waals surface area contributed by atoms with Gasteiger partial charge in [-0.1, -0.05) is 31.5 Å². The fourth-order valence-corrected chi connectivity index (χ4v) is 0.967. The third-order valence-electron chi connectivity index (χ3n) is 1.84. The summed E-state index contributed by atoms with van der Waals surface area (Å²) < 4.78 is 5.03. The molecular formula is C13H20O4. The average Bonchev–Trinajstić information content (AvgIpc) is 2.40. The minimum absolute atomic E-state index is 0.125. The summed E-state index contributed by atoms with van der Waals surface area (Å²) in [5, 5.41) is 15.2. The molecule has 1 rings (SSSR count). The van der Waals surface area contributed by atoms with Crippen LogP contribution in [0.1, 0.15) is 30.1 Å². The second kappa shape index (κ2) is 11.1. The monoisotopic (exact) mass is 240 g/mol. The summed E-state index contributed by atoms with van der Waals surface area (Å²) in [6.45, 7) is 2.33. The van der Waals surface area contributed by atoms with Gasteiger partial charge in [-0.25, -0.2) is 4.79 Å². The van der Waals surface area contributed by atoms with Crippen LogP contribution in [0.15, 0.2) is 30.3 Å². The number of esters is 1. The van der Waals surface area contributed by atoms with Crippen molar-refractivity contribution in [2.24, 2.45) is 0 Å². The smallest absolute Gasteiger partial charge is 0.338 e. The van der Waals surface area contributed by atoms with Gasteiger partial charge in [-0.15, -0.1) is 0 Å². The minimum Gasteiger partial charge on any atom is -0.462 e. The van der Waals surface area contributed by atoms with E-state index in [-0.39, 0.29) is 19.2 Å². The highest BCUT2D eigenvalue weighted by Gasteiger charge is 2.03. The highest BCUT2D eigenvalue weighted by atomic mass is 16.5. The van der Waals surface area contributed by atoms with Crippen LogP contribution >= 0.6 is 0 Å². The van der Waals surface area contributed by atoms with Gasteiger partial charge in [0.15, 0.2) is 0 Å². The van der Waals surface area contributed by atoms with Crippen molar-refractivity contribution in [2.75, 3.05) is 19.8 Å². The second-order valence-electron chi connectivity index (χ2n) is 3.30. The van der Waals surface area contributed by atoms with E-state index in [0.29, 0.717) is 12.2 Å². The fraction of sp³-hybridized carbons (Fsp3) is 0.462.